The predicted octanol–water partition coefficient (Wildman–Crippen LogP) is 3.79. The van der Waals surface area contributed by atoms with Crippen molar-refractivity contribution in [2.24, 2.45) is 0 Å². The summed E-state index contributed by atoms with van der Waals surface area (Å²) in [6.07, 6.45) is 0. The van der Waals surface area contributed by atoms with Crippen LogP contribution in [0.25, 0.3) is 11.0 Å². The van der Waals surface area contributed by atoms with Gasteiger partial charge in [-0.1, -0.05) is 24.3 Å². The van der Waals surface area contributed by atoms with Gasteiger partial charge in [-0.05, 0) is 43.3 Å². The Morgan fingerprint density at radius 3 is 2.48 bits per heavy atom. The fourth-order valence-corrected chi connectivity index (χ4v) is 4.24. The third-order valence-electron chi connectivity index (χ3n) is 4.83. The van der Waals surface area contributed by atoms with Crippen molar-refractivity contribution >= 4 is 27.0 Å². The van der Waals surface area contributed by atoms with Crippen LogP contribution < -0.4 is 4.72 Å². The normalized spacial score (nSPS) is 11.6. The van der Waals surface area contributed by atoms with E-state index in [2.05, 4.69) is 4.98 Å². The van der Waals surface area contributed by atoms with E-state index in [4.69, 9.17) is 0 Å². The van der Waals surface area contributed by atoms with Crippen molar-refractivity contribution in [1.29, 1.82) is 0 Å². The van der Waals surface area contributed by atoms with Crippen molar-refractivity contribution in [3.8, 4) is 0 Å². The Morgan fingerprint density at radius 2 is 1.77 bits per heavy atom. The van der Waals surface area contributed by atoms with E-state index >= 15 is 0 Å². The average Bonchev–Trinajstić information content (AvgIpc) is 3.04. The quantitative estimate of drug-likeness (QED) is 0.511. The Balaban J connectivity index is 1.67. The highest BCUT2D eigenvalue weighted by atomic mass is 32.2. The molecule has 3 aromatic carbocycles. The molecule has 0 saturated carbocycles. The van der Waals surface area contributed by atoms with Crippen LogP contribution in [0.1, 0.15) is 21.7 Å². The Morgan fingerprint density at radius 1 is 1.03 bits per heavy atom. The smallest absolute Gasteiger partial charge is 0.265 e. The summed E-state index contributed by atoms with van der Waals surface area (Å²) in [6, 6.07) is 15.4. The second kappa shape index (κ2) is 7.92. The molecule has 1 amide bonds. The van der Waals surface area contributed by atoms with Gasteiger partial charge in [-0.25, -0.2) is 26.9 Å². The topological polar surface area (TPSA) is 81.1 Å². The fourth-order valence-electron chi connectivity index (χ4n) is 3.24. The van der Waals surface area contributed by atoms with Crippen LogP contribution in [0.3, 0.4) is 0 Å². The summed E-state index contributed by atoms with van der Waals surface area (Å²) >= 11 is 0. The molecule has 1 heterocycles. The first-order valence-electron chi connectivity index (χ1n) is 9.27. The highest BCUT2D eigenvalue weighted by Crippen LogP contribution is 2.21. The first kappa shape index (κ1) is 20.7. The van der Waals surface area contributed by atoms with Crippen LogP contribution in [0.2, 0.25) is 0 Å². The summed E-state index contributed by atoms with van der Waals surface area (Å²) in [5.74, 6) is -1.60. The van der Waals surface area contributed by atoms with Crippen molar-refractivity contribution in [1.82, 2.24) is 14.3 Å². The largest absolute Gasteiger partial charge is 0.324 e. The van der Waals surface area contributed by atoms with Crippen molar-refractivity contribution in [2.45, 2.75) is 18.4 Å². The van der Waals surface area contributed by atoms with Crippen LogP contribution in [0, 0.1) is 18.6 Å². The van der Waals surface area contributed by atoms with Gasteiger partial charge in [0.05, 0.1) is 22.5 Å². The predicted molar refractivity (Wildman–Crippen MR) is 111 cm³/mol. The van der Waals surface area contributed by atoms with Crippen LogP contribution >= 0.6 is 0 Å². The van der Waals surface area contributed by atoms with Gasteiger partial charge in [-0.15, -0.1) is 0 Å². The van der Waals surface area contributed by atoms with Gasteiger partial charge in [0.15, 0.2) is 0 Å². The molecule has 0 unspecified atom stereocenters. The first-order valence-corrected chi connectivity index (χ1v) is 10.8. The maximum absolute atomic E-state index is 14.1. The molecule has 0 bridgehead atoms. The lowest BCUT2D eigenvalue weighted by Crippen LogP contribution is -2.30. The molecule has 0 spiro atoms. The number of aryl methyl sites for hydroxylation is 1. The molecule has 0 radical (unpaired) electrons. The third kappa shape index (κ3) is 4.17. The zero-order valence-electron chi connectivity index (χ0n) is 16.3. The molecule has 0 atom stereocenters. The summed E-state index contributed by atoms with van der Waals surface area (Å²) in [5.41, 5.74) is 1.44. The van der Waals surface area contributed by atoms with Crippen molar-refractivity contribution < 1.29 is 22.0 Å². The molecular formula is C22H17F2N3O3S. The Hall–Kier alpha value is -3.59. The average molecular weight is 441 g/mol. The molecule has 1 N–H and O–H groups in total. The van der Waals surface area contributed by atoms with Gasteiger partial charge in [0.2, 0.25) is 0 Å². The Labute approximate surface area is 177 Å². The van der Waals surface area contributed by atoms with Gasteiger partial charge in [-0.3, -0.25) is 4.79 Å². The lowest BCUT2D eigenvalue weighted by molar-refractivity contribution is 0.0981. The van der Waals surface area contributed by atoms with E-state index in [1.165, 1.54) is 36.4 Å². The highest BCUT2D eigenvalue weighted by Gasteiger charge is 2.20. The summed E-state index contributed by atoms with van der Waals surface area (Å²) in [7, 11) is -4.03. The zero-order chi connectivity index (χ0) is 22.2. The number of aromatic nitrogens is 2. The molecule has 6 nitrogen and oxygen atoms in total. The maximum atomic E-state index is 14.1. The van der Waals surface area contributed by atoms with Crippen molar-refractivity contribution in [2.75, 3.05) is 0 Å². The number of benzene rings is 3. The van der Waals surface area contributed by atoms with Gasteiger partial charge in [0, 0.05) is 17.2 Å². The Kier molecular flexibility index (Phi) is 5.28. The molecule has 4 rings (SSSR count). The number of nitrogens with one attached hydrogen (secondary N) is 1. The number of hydrogen-bond acceptors (Lipinski definition) is 4. The number of amides is 1. The summed E-state index contributed by atoms with van der Waals surface area (Å²) in [6.45, 7) is 1.79. The third-order valence-corrected chi connectivity index (χ3v) is 6.17. The van der Waals surface area contributed by atoms with Gasteiger partial charge in [-0.2, -0.15) is 0 Å². The van der Waals surface area contributed by atoms with E-state index in [0.29, 0.717) is 16.9 Å². The number of halogens is 2. The number of sulfonamides is 1. The summed E-state index contributed by atoms with van der Waals surface area (Å²) in [4.78, 5) is 17.0. The van der Waals surface area contributed by atoms with E-state index in [1.807, 2.05) is 4.72 Å². The van der Waals surface area contributed by atoms with Crippen LogP contribution in [-0.4, -0.2) is 23.9 Å². The molecule has 9 heteroatoms. The van der Waals surface area contributed by atoms with Gasteiger partial charge < -0.3 is 4.57 Å². The second-order valence-corrected chi connectivity index (χ2v) is 8.61. The number of rotatable bonds is 5. The number of carbonyl (C=O) groups is 1. The molecule has 1 aromatic heterocycles. The second-order valence-electron chi connectivity index (χ2n) is 6.93. The van der Waals surface area contributed by atoms with Gasteiger partial charge >= 0.3 is 0 Å². The molecule has 0 saturated heterocycles. The zero-order valence-corrected chi connectivity index (χ0v) is 17.2. The van der Waals surface area contributed by atoms with Crippen LogP contribution in [0.15, 0.2) is 71.6 Å². The van der Waals surface area contributed by atoms with Crippen LogP contribution in [-0.2, 0) is 16.6 Å². The molecule has 0 fully saturated rings. The molecule has 158 valence electrons. The number of imidazole rings is 1. The monoisotopic (exact) mass is 441 g/mol. The molecule has 0 aliphatic carbocycles. The SMILES string of the molecule is Cc1nc2ccc(C(=O)NS(=O)(=O)c3ccccc3)cc2n1Cc1ccc(F)cc1F. The van der Waals surface area contributed by atoms with Gasteiger partial charge in [0.1, 0.15) is 17.5 Å². The minimum atomic E-state index is -4.03. The van der Waals surface area contributed by atoms with Crippen LogP contribution in [0.4, 0.5) is 8.78 Å². The lowest BCUT2D eigenvalue weighted by Gasteiger charge is -2.10. The molecule has 0 aliphatic heterocycles. The number of nitrogens with zero attached hydrogens (tertiary/aromatic N) is 2. The van der Waals surface area contributed by atoms with Gasteiger partial charge in [0.25, 0.3) is 15.9 Å². The van der Waals surface area contributed by atoms with Crippen molar-refractivity contribution in [3.05, 3.63) is 95.3 Å². The summed E-state index contributed by atoms with van der Waals surface area (Å²) in [5, 5.41) is 0. The first-order chi connectivity index (χ1) is 14.7. The number of hydrogen-bond donors (Lipinski definition) is 1. The van der Waals surface area contributed by atoms with E-state index in [1.54, 1.807) is 35.8 Å². The van der Waals surface area contributed by atoms with Crippen molar-refractivity contribution in [3.63, 3.8) is 0 Å². The number of fused-ring (bicyclic) bond motifs is 1. The van der Waals surface area contributed by atoms with E-state index in [9.17, 15) is 22.0 Å². The molecule has 4 aromatic rings. The summed E-state index contributed by atoms with van der Waals surface area (Å²) < 4.78 is 55.9. The highest BCUT2D eigenvalue weighted by molar-refractivity contribution is 7.90. The number of carbonyl (C=O) groups excluding carboxylic acids is 1. The molecule has 31 heavy (non-hydrogen) atoms. The Bertz CT molecular complexity index is 1400. The van der Waals surface area contributed by atoms with E-state index in [0.717, 1.165) is 6.07 Å². The molecular weight excluding hydrogens is 424 g/mol. The van der Waals surface area contributed by atoms with E-state index < -0.39 is 27.6 Å². The lowest BCUT2D eigenvalue weighted by atomic mass is 10.1. The van der Waals surface area contributed by atoms with E-state index in [-0.39, 0.29) is 22.6 Å². The van der Waals surface area contributed by atoms with Crippen LogP contribution in [0.5, 0.6) is 0 Å². The fraction of sp³-hybridized carbons (Fsp3) is 0.0909. The minimum Gasteiger partial charge on any atom is -0.324 e. The molecule has 0 aliphatic rings. The minimum absolute atomic E-state index is 0.0305. The standard InChI is InChI=1S/C22H17F2N3O3S/c1-14-25-20-10-8-15(22(28)26-31(29,30)18-5-3-2-4-6-18)11-21(20)27(14)13-16-7-9-17(23)12-19(16)24/h2-12H,13H2,1H3,(H,26,28). The maximum Gasteiger partial charge on any atom is 0.265 e.